The van der Waals surface area contributed by atoms with Gasteiger partial charge in [0.1, 0.15) is 54.2 Å². The van der Waals surface area contributed by atoms with Crippen LogP contribution in [0.3, 0.4) is 0 Å². The van der Waals surface area contributed by atoms with Gasteiger partial charge in [-0.05, 0) is 60.7 Å². The van der Waals surface area contributed by atoms with E-state index in [0.29, 0.717) is 30.4 Å². The smallest absolute Gasteiger partial charge is 0.229 e. The minimum Gasteiger partial charge on any atom is -0.461 e. The number of fused-ring (bicyclic) bond motifs is 5. The monoisotopic (exact) mass is 588 g/mol. The first-order valence-corrected chi connectivity index (χ1v) is 13.9. The summed E-state index contributed by atoms with van der Waals surface area (Å²) >= 11 is 0. The summed E-state index contributed by atoms with van der Waals surface area (Å²) in [7, 11) is 0. The van der Waals surface area contributed by atoms with E-state index in [9.17, 15) is 40.5 Å². The van der Waals surface area contributed by atoms with E-state index in [4.69, 9.17) is 18.9 Å². The number of benzene rings is 2. The van der Waals surface area contributed by atoms with Gasteiger partial charge in [-0.15, -0.1) is 0 Å². The zero-order valence-electron chi connectivity index (χ0n) is 22.7. The molecule has 0 radical (unpaired) electrons. The molecule has 9 atom stereocenters. The minimum absolute atomic E-state index is 0.0132. The number of rotatable bonds is 5. The molecule has 12 nitrogen and oxygen atoms in total. The maximum Gasteiger partial charge on any atom is 0.229 e. The van der Waals surface area contributed by atoms with Gasteiger partial charge in [-0.25, -0.2) is 0 Å². The first kappa shape index (κ1) is 30.5. The number of allylic oxidation sites excluding steroid dienone is 2. The maximum atomic E-state index is 12.4. The number of aliphatic hydroxyl groups excluding tert-OH is 7. The average molecular weight is 589 g/mol. The van der Waals surface area contributed by atoms with E-state index < -0.39 is 61.9 Å². The van der Waals surface area contributed by atoms with Crippen molar-refractivity contribution in [2.45, 2.75) is 81.0 Å². The van der Waals surface area contributed by atoms with Gasteiger partial charge in [0.2, 0.25) is 12.6 Å². The van der Waals surface area contributed by atoms with Crippen LogP contribution in [0.5, 0.6) is 11.5 Å². The number of ether oxygens (including phenoxy) is 4. The van der Waals surface area contributed by atoms with Gasteiger partial charge < -0.3 is 54.7 Å². The van der Waals surface area contributed by atoms with Gasteiger partial charge in [-0.3, -0.25) is 4.79 Å². The number of hydrogen-bond donors (Lipinski definition) is 7. The van der Waals surface area contributed by atoms with E-state index in [1.54, 1.807) is 36.4 Å². The lowest BCUT2D eigenvalue weighted by Gasteiger charge is -2.39. The molecule has 2 fully saturated rings. The van der Waals surface area contributed by atoms with Crippen LogP contribution >= 0.6 is 0 Å². The highest BCUT2D eigenvalue weighted by atomic mass is 16.7. The normalized spacial score (nSPS) is 34.5. The standard InChI is InChI=1S/C30H36O12/c31-13-23-25(35)26(36)28(38)30(42-23)41-22-9-6-15-3-1-2-4-17(32)8-5-16-7-10-21(19(12-16)18(22)11-15)40-29-27(37)24(34)20(33)14-39-29/h2,4,6-7,9-12,20,23-31,33-38H,1,3,5,8,13-14H2/b4-2+/t20-,23+,24-,25+,26-,27+,28+,29-,30+/m0/s1. The Balaban J connectivity index is 1.56. The molecule has 2 heterocycles. The number of hydrogen-bond acceptors (Lipinski definition) is 12. The number of carbonyl (C=O) groups is 1. The van der Waals surface area contributed by atoms with Gasteiger partial charge >= 0.3 is 0 Å². The third kappa shape index (κ3) is 6.52. The average Bonchev–Trinajstić information content (AvgIpc) is 3.00. The molecule has 0 unspecified atom stereocenters. The Bertz CT molecular complexity index is 1280. The summed E-state index contributed by atoms with van der Waals surface area (Å²) in [6.45, 7) is -0.875. The van der Waals surface area contributed by atoms with Crippen LogP contribution in [0.4, 0.5) is 0 Å². The van der Waals surface area contributed by atoms with Crippen LogP contribution in [0.15, 0.2) is 48.6 Å². The van der Waals surface area contributed by atoms with Crippen molar-refractivity contribution >= 4 is 5.78 Å². The third-order valence-electron chi connectivity index (χ3n) is 7.73. The maximum absolute atomic E-state index is 12.4. The molecule has 228 valence electrons. The minimum atomic E-state index is -1.64. The van der Waals surface area contributed by atoms with Gasteiger partial charge in [0, 0.05) is 17.5 Å². The molecule has 2 aromatic rings. The van der Waals surface area contributed by atoms with Crippen molar-refractivity contribution in [1.29, 1.82) is 0 Å². The van der Waals surface area contributed by atoms with E-state index >= 15 is 0 Å². The van der Waals surface area contributed by atoms with E-state index in [-0.39, 0.29) is 30.3 Å². The summed E-state index contributed by atoms with van der Waals surface area (Å²) in [4.78, 5) is 12.4. The van der Waals surface area contributed by atoms with Crippen LogP contribution < -0.4 is 9.47 Å². The topological polar surface area (TPSA) is 196 Å². The third-order valence-corrected chi connectivity index (χ3v) is 7.73. The largest absolute Gasteiger partial charge is 0.461 e. The van der Waals surface area contributed by atoms with Gasteiger partial charge in [-0.1, -0.05) is 18.2 Å². The summed E-state index contributed by atoms with van der Waals surface area (Å²) in [6.07, 6.45) is -7.78. The van der Waals surface area contributed by atoms with E-state index in [0.717, 1.165) is 11.1 Å². The number of ketones is 1. The number of aliphatic hydroxyl groups is 7. The zero-order valence-corrected chi connectivity index (χ0v) is 22.7. The highest BCUT2D eigenvalue weighted by molar-refractivity contribution is 5.89. The van der Waals surface area contributed by atoms with Crippen molar-refractivity contribution in [3.8, 4) is 22.6 Å². The van der Waals surface area contributed by atoms with Crippen LogP contribution in [-0.2, 0) is 27.1 Å². The van der Waals surface area contributed by atoms with Crippen molar-refractivity contribution < 1.29 is 59.5 Å². The molecule has 5 rings (SSSR count). The zero-order chi connectivity index (χ0) is 30.0. The Morgan fingerprint density at radius 3 is 2.02 bits per heavy atom. The molecule has 3 aliphatic rings. The highest BCUT2D eigenvalue weighted by Crippen LogP contribution is 2.41. The highest BCUT2D eigenvalue weighted by Gasteiger charge is 2.45. The Morgan fingerprint density at radius 2 is 1.36 bits per heavy atom. The molecule has 7 N–H and O–H groups in total. The Morgan fingerprint density at radius 1 is 0.738 bits per heavy atom. The summed E-state index contributed by atoms with van der Waals surface area (Å²) < 4.78 is 23.1. The fourth-order valence-electron chi connectivity index (χ4n) is 5.21. The molecule has 2 aliphatic heterocycles. The van der Waals surface area contributed by atoms with Crippen molar-refractivity contribution in [2.24, 2.45) is 0 Å². The summed E-state index contributed by atoms with van der Waals surface area (Å²) in [5, 5.41) is 71.2. The Hall–Kier alpha value is -2.91. The Kier molecular flexibility index (Phi) is 9.57. The molecule has 4 bridgehead atoms. The van der Waals surface area contributed by atoms with Crippen LogP contribution in [0, 0.1) is 0 Å². The summed E-state index contributed by atoms with van der Waals surface area (Å²) in [5.74, 6) is 0.439. The predicted molar refractivity (Wildman–Crippen MR) is 145 cm³/mol. The molecule has 2 aromatic carbocycles. The van der Waals surface area contributed by atoms with Gasteiger partial charge in [0.15, 0.2) is 5.78 Å². The van der Waals surface area contributed by atoms with E-state index in [1.165, 1.54) is 0 Å². The SMILES string of the molecule is O=C1/C=C/CCc2ccc(O[C@@H]3O[C@H](CO)[C@@H](O)[C@H](O)[C@H]3O)c(c2)-c2cc(ccc2O[C@@H]2OC[C@H](O)[C@H](O)[C@H]2O)CC1. The van der Waals surface area contributed by atoms with Crippen LogP contribution in [-0.4, -0.2) is 110 Å². The molecule has 42 heavy (non-hydrogen) atoms. The second-order valence-electron chi connectivity index (χ2n) is 10.8. The molecule has 0 aromatic heterocycles. The lowest BCUT2D eigenvalue weighted by Crippen LogP contribution is -2.60. The van der Waals surface area contributed by atoms with Crippen molar-refractivity contribution in [3.63, 3.8) is 0 Å². The summed E-state index contributed by atoms with van der Waals surface area (Å²) in [6, 6.07) is 10.5. The van der Waals surface area contributed by atoms with Crippen LogP contribution in [0.25, 0.3) is 11.1 Å². The molecule has 0 saturated carbocycles. The molecule has 1 aliphatic carbocycles. The molecule has 0 spiro atoms. The van der Waals surface area contributed by atoms with E-state index in [2.05, 4.69) is 0 Å². The van der Waals surface area contributed by atoms with Crippen molar-refractivity contribution in [3.05, 3.63) is 59.7 Å². The second-order valence-corrected chi connectivity index (χ2v) is 10.8. The van der Waals surface area contributed by atoms with E-state index in [1.807, 2.05) is 12.1 Å². The first-order valence-electron chi connectivity index (χ1n) is 13.9. The quantitative estimate of drug-likeness (QED) is 0.234. The van der Waals surface area contributed by atoms with Crippen LogP contribution in [0.2, 0.25) is 0 Å². The van der Waals surface area contributed by atoms with Gasteiger partial charge in [0.25, 0.3) is 0 Å². The molecule has 0 amide bonds. The number of carbonyl (C=O) groups excluding carboxylic acids is 1. The summed E-state index contributed by atoms with van der Waals surface area (Å²) in [5.41, 5.74) is 2.64. The first-order chi connectivity index (χ1) is 20.2. The molecule has 2 saturated heterocycles. The van der Waals surface area contributed by atoms with Crippen molar-refractivity contribution in [2.75, 3.05) is 13.2 Å². The van der Waals surface area contributed by atoms with Crippen molar-refractivity contribution in [1.82, 2.24) is 0 Å². The van der Waals surface area contributed by atoms with Gasteiger partial charge in [0.05, 0.1) is 13.2 Å². The molecule has 12 heteroatoms. The molecular weight excluding hydrogens is 552 g/mol. The Labute approximate surface area is 242 Å². The van der Waals surface area contributed by atoms with Gasteiger partial charge in [-0.2, -0.15) is 0 Å². The lowest BCUT2D eigenvalue weighted by molar-refractivity contribution is -0.277. The molecular formula is C30H36O12. The van der Waals surface area contributed by atoms with Crippen LogP contribution in [0.1, 0.15) is 24.0 Å². The fourth-order valence-corrected chi connectivity index (χ4v) is 5.21. The fraction of sp³-hybridized carbons (Fsp3) is 0.500. The number of aryl methyl sites for hydroxylation is 2. The predicted octanol–water partition coefficient (Wildman–Crippen LogP) is -0.646. The second kappa shape index (κ2) is 13.2. The lowest BCUT2D eigenvalue weighted by atomic mass is 9.96.